The zero-order chi connectivity index (χ0) is 13.1. The molecule has 1 aliphatic rings. The molecule has 0 fully saturated rings. The average Bonchev–Trinajstić information content (AvgIpc) is 2.47. The molecule has 1 atom stereocenters. The molecule has 5 heteroatoms. The molecule has 18 heavy (non-hydrogen) atoms. The number of hydrogen-bond donors (Lipinski definition) is 2. The lowest BCUT2D eigenvalue weighted by Crippen LogP contribution is -3.06. The molecular formula is C13H15NO4. The highest BCUT2D eigenvalue weighted by Gasteiger charge is 2.26. The van der Waals surface area contributed by atoms with E-state index in [-0.39, 0.29) is 36.1 Å². The Morgan fingerprint density at radius 3 is 2.89 bits per heavy atom. The van der Waals surface area contributed by atoms with E-state index in [0.29, 0.717) is 5.56 Å². The third-order valence-electron chi connectivity index (χ3n) is 2.84. The van der Waals surface area contributed by atoms with Crippen molar-refractivity contribution in [1.29, 1.82) is 0 Å². The SMILES string of the molecule is CCOC(=O)C1=C(O)c2ccccc2C[NH+]([O-])C1. The van der Waals surface area contributed by atoms with Crippen LogP contribution in [0.4, 0.5) is 0 Å². The number of carbonyl (C=O) groups excluding carboxylic acids is 1. The van der Waals surface area contributed by atoms with Crippen molar-refractivity contribution in [2.24, 2.45) is 0 Å². The number of quaternary nitrogens is 1. The van der Waals surface area contributed by atoms with Crippen LogP contribution in [0, 0.1) is 5.21 Å². The Morgan fingerprint density at radius 1 is 1.44 bits per heavy atom. The van der Waals surface area contributed by atoms with Crippen molar-refractivity contribution < 1.29 is 19.7 Å². The number of ether oxygens (including phenoxy) is 1. The standard InChI is InChI=1S/C13H15NO4/c1-2-18-13(16)11-8-14(17)7-9-5-3-4-6-10(9)12(11)15/h3-6,14-15H,2,7-8H2,1H3. The van der Waals surface area contributed by atoms with Crippen molar-refractivity contribution in [3.63, 3.8) is 0 Å². The Hall–Kier alpha value is -1.85. The topological polar surface area (TPSA) is 74.0 Å². The molecule has 0 spiro atoms. The first-order chi connectivity index (χ1) is 8.63. The Kier molecular flexibility index (Phi) is 3.64. The minimum atomic E-state index is -0.625. The first-order valence-corrected chi connectivity index (χ1v) is 5.82. The second-order valence-corrected chi connectivity index (χ2v) is 4.10. The second-order valence-electron chi connectivity index (χ2n) is 4.10. The molecule has 0 saturated heterocycles. The number of benzene rings is 1. The predicted molar refractivity (Wildman–Crippen MR) is 65.5 cm³/mol. The van der Waals surface area contributed by atoms with Gasteiger partial charge in [-0.3, -0.25) is 0 Å². The van der Waals surface area contributed by atoms with E-state index in [1.54, 1.807) is 31.2 Å². The molecule has 1 heterocycles. The van der Waals surface area contributed by atoms with Gasteiger partial charge in [0.05, 0.1) is 6.61 Å². The predicted octanol–water partition coefficient (Wildman–Crippen LogP) is 0.415. The smallest absolute Gasteiger partial charge is 0.343 e. The van der Waals surface area contributed by atoms with Crippen molar-refractivity contribution in [3.05, 3.63) is 46.2 Å². The maximum absolute atomic E-state index is 11.8. The van der Waals surface area contributed by atoms with Crippen molar-refractivity contribution in [3.8, 4) is 0 Å². The van der Waals surface area contributed by atoms with Gasteiger partial charge in [-0.1, -0.05) is 24.3 Å². The van der Waals surface area contributed by atoms with E-state index in [9.17, 15) is 15.1 Å². The highest BCUT2D eigenvalue weighted by atomic mass is 16.5. The third kappa shape index (κ3) is 2.37. The minimum absolute atomic E-state index is 0.0480. The van der Waals surface area contributed by atoms with Crippen LogP contribution in [0.25, 0.3) is 5.76 Å². The summed E-state index contributed by atoms with van der Waals surface area (Å²) in [6.07, 6.45) is 0. The fourth-order valence-electron chi connectivity index (χ4n) is 2.01. The van der Waals surface area contributed by atoms with Gasteiger partial charge in [0.2, 0.25) is 0 Å². The fraction of sp³-hybridized carbons (Fsp3) is 0.308. The molecule has 1 aromatic rings. The Bertz CT molecular complexity index is 496. The molecule has 1 aliphatic heterocycles. The van der Waals surface area contributed by atoms with E-state index in [4.69, 9.17) is 4.74 Å². The fourth-order valence-corrected chi connectivity index (χ4v) is 2.01. The summed E-state index contributed by atoms with van der Waals surface area (Å²) in [4.78, 5) is 11.7. The summed E-state index contributed by atoms with van der Waals surface area (Å²) in [5.74, 6) is -0.769. The average molecular weight is 249 g/mol. The highest BCUT2D eigenvalue weighted by molar-refractivity contribution is 5.96. The number of hydroxylamine groups is 2. The van der Waals surface area contributed by atoms with Crippen molar-refractivity contribution in [1.82, 2.24) is 0 Å². The number of fused-ring (bicyclic) bond motifs is 1. The summed E-state index contributed by atoms with van der Waals surface area (Å²) >= 11 is 0. The first kappa shape index (κ1) is 12.6. The van der Waals surface area contributed by atoms with E-state index in [1.807, 2.05) is 0 Å². The number of carbonyl (C=O) groups is 1. The summed E-state index contributed by atoms with van der Waals surface area (Å²) in [5.41, 5.74) is 1.32. The lowest BCUT2D eigenvalue weighted by Gasteiger charge is -2.20. The van der Waals surface area contributed by atoms with Crippen LogP contribution in [0.5, 0.6) is 0 Å². The van der Waals surface area contributed by atoms with Crippen LogP contribution in [0.15, 0.2) is 29.8 Å². The van der Waals surface area contributed by atoms with Crippen LogP contribution in [0.3, 0.4) is 0 Å². The maximum atomic E-state index is 11.8. The summed E-state index contributed by atoms with van der Waals surface area (Å²) in [6.45, 7) is 2.04. The van der Waals surface area contributed by atoms with E-state index in [0.717, 1.165) is 5.56 Å². The molecule has 1 unspecified atom stereocenters. The zero-order valence-electron chi connectivity index (χ0n) is 10.1. The van der Waals surface area contributed by atoms with Crippen LogP contribution in [0.1, 0.15) is 18.1 Å². The van der Waals surface area contributed by atoms with E-state index in [2.05, 4.69) is 0 Å². The molecule has 0 radical (unpaired) electrons. The van der Waals surface area contributed by atoms with E-state index < -0.39 is 5.97 Å². The molecule has 2 N–H and O–H groups in total. The van der Waals surface area contributed by atoms with Gasteiger partial charge in [-0.05, 0) is 6.92 Å². The maximum Gasteiger partial charge on any atom is 0.343 e. The molecular weight excluding hydrogens is 234 g/mol. The van der Waals surface area contributed by atoms with Gasteiger partial charge in [0.1, 0.15) is 24.4 Å². The highest BCUT2D eigenvalue weighted by Crippen LogP contribution is 2.22. The van der Waals surface area contributed by atoms with Gasteiger partial charge in [-0.15, -0.1) is 0 Å². The number of aliphatic hydroxyl groups excluding tert-OH is 1. The third-order valence-corrected chi connectivity index (χ3v) is 2.84. The molecule has 0 amide bonds. The number of esters is 1. The number of hydrogen-bond acceptors (Lipinski definition) is 4. The van der Waals surface area contributed by atoms with E-state index in [1.165, 1.54) is 0 Å². The summed E-state index contributed by atoms with van der Waals surface area (Å²) in [7, 11) is 0. The molecule has 96 valence electrons. The van der Waals surface area contributed by atoms with E-state index >= 15 is 0 Å². The number of aliphatic hydroxyl groups is 1. The van der Waals surface area contributed by atoms with Gasteiger partial charge in [0, 0.05) is 11.1 Å². The number of nitrogens with one attached hydrogen (secondary N) is 1. The molecule has 0 aliphatic carbocycles. The zero-order valence-corrected chi connectivity index (χ0v) is 10.1. The van der Waals surface area contributed by atoms with Crippen molar-refractivity contribution in [2.45, 2.75) is 13.5 Å². The number of rotatable bonds is 2. The van der Waals surface area contributed by atoms with Gasteiger partial charge in [-0.2, -0.15) is 0 Å². The first-order valence-electron chi connectivity index (χ1n) is 5.82. The molecule has 0 bridgehead atoms. The van der Waals surface area contributed by atoms with Crippen LogP contribution in [0.2, 0.25) is 0 Å². The molecule has 0 saturated carbocycles. The molecule has 2 rings (SSSR count). The van der Waals surface area contributed by atoms with Crippen LogP contribution < -0.4 is 5.06 Å². The van der Waals surface area contributed by atoms with Crippen LogP contribution >= 0.6 is 0 Å². The minimum Gasteiger partial charge on any atom is -0.634 e. The lowest BCUT2D eigenvalue weighted by atomic mass is 10.0. The Morgan fingerprint density at radius 2 is 2.17 bits per heavy atom. The van der Waals surface area contributed by atoms with Gasteiger partial charge in [-0.25, -0.2) is 4.79 Å². The monoisotopic (exact) mass is 249 g/mol. The lowest BCUT2D eigenvalue weighted by molar-refractivity contribution is -0.856. The van der Waals surface area contributed by atoms with Crippen molar-refractivity contribution in [2.75, 3.05) is 13.2 Å². The summed E-state index contributed by atoms with van der Waals surface area (Å²) < 4.78 is 4.86. The van der Waals surface area contributed by atoms with Crippen LogP contribution in [-0.4, -0.2) is 24.2 Å². The Balaban J connectivity index is 2.48. The quantitative estimate of drug-likeness (QED) is 0.588. The molecule has 1 aromatic carbocycles. The summed E-state index contributed by atoms with van der Waals surface area (Å²) in [6, 6.07) is 7.03. The molecule has 0 aromatic heterocycles. The normalized spacial score (nSPS) is 19.1. The second kappa shape index (κ2) is 5.20. The van der Waals surface area contributed by atoms with Gasteiger partial charge in [0.25, 0.3) is 0 Å². The summed E-state index contributed by atoms with van der Waals surface area (Å²) in [5, 5.41) is 21.8. The Labute approximate surface area is 105 Å². The van der Waals surface area contributed by atoms with Gasteiger partial charge >= 0.3 is 5.97 Å². The van der Waals surface area contributed by atoms with Crippen molar-refractivity contribution >= 4 is 11.7 Å². The van der Waals surface area contributed by atoms with Gasteiger partial charge in [0.15, 0.2) is 0 Å². The molecule has 5 nitrogen and oxygen atoms in total. The van der Waals surface area contributed by atoms with Gasteiger partial charge < -0.3 is 20.1 Å². The largest absolute Gasteiger partial charge is 0.634 e. The van der Waals surface area contributed by atoms with Crippen LogP contribution in [-0.2, 0) is 16.1 Å².